The van der Waals surface area contributed by atoms with E-state index in [2.05, 4.69) is 33.8 Å². The molecule has 1 aromatic heterocycles. The molecule has 2 saturated heterocycles. The summed E-state index contributed by atoms with van der Waals surface area (Å²) in [5.74, 6) is 1.94. The molecule has 0 N–H and O–H groups in total. The van der Waals surface area contributed by atoms with Crippen LogP contribution in [-0.4, -0.2) is 51.0 Å². The van der Waals surface area contributed by atoms with E-state index in [0.29, 0.717) is 18.0 Å². The van der Waals surface area contributed by atoms with E-state index in [1.807, 2.05) is 0 Å². The fourth-order valence-corrected chi connectivity index (χ4v) is 3.82. The molecule has 122 valence electrons. The summed E-state index contributed by atoms with van der Waals surface area (Å²) in [6.45, 7) is 8.48. The largest absolute Gasteiger partial charge is 0.339 e. The van der Waals surface area contributed by atoms with E-state index in [1.165, 1.54) is 6.42 Å². The first kappa shape index (κ1) is 15.5. The lowest BCUT2D eigenvalue weighted by molar-refractivity contribution is -0.130. The van der Waals surface area contributed by atoms with Gasteiger partial charge in [0.1, 0.15) is 0 Å². The predicted molar refractivity (Wildman–Crippen MR) is 82.2 cm³/mol. The first-order valence-corrected chi connectivity index (χ1v) is 8.40. The van der Waals surface area contributed by atoms with Crippen molar-refractivity contribution in [2.24, 2.45) is 0 Å². The number of likely N-dealkylation sites (tertiary alicyclic amines) is 2. The van der Waals surface area contributed by atoms with Gasteiger partial charge in [0.15, 0.2) is 5.82 Å². The SMILES string of the molecule is CC(=O)N1CCC[C@@H]1[C@H]1CCCN1Cc1noc(C(C)C)n1. The summed E-state index contributed by atoms with van der Waals surface area (Å²) in [4.78, 5) is 20.8. The summed E-state index contributed by atoms with van der Waals surface area (Å²) >= 11 is 0. The topological polar surface area (TPSA) is 62.5 Å². The minimum absolute atomic E-state index is 0.205. The van der Waals surface area contributed by atoms with Crippen molar-refractivity contribution < 1.29 is 9.32 Å². The van der Waals surface area contributed by atoms with Crippen molar-refractivity contribution in [3.63, 3.8) is 0 Å². The Labute approximate surface area is 131 Å². The average molecular weight is 306 g/mol. The monoisotopic (exact) mass is 306 g/mol. The van der Waals surface area contributed by atoms with Gasteiger partial charge in [-0.2, -0.15) is 4.98 Å². The lowest BCUT2D eigenvalue weighted by Gasteiger charge is -2.34. The summed E-state index contributed by atoms with van der Waals surface area (Å²) in [6, 6.07) is 0.795. The van der Waals surface area contributed by atoms with E-state index in [9.17, 15) is 4.79 Å². The number of carbonyl (C=O) groups excluding carboxylic acids is 1. The van der Waals surface area contributed by atoms with Crippen molar-refractivity contribution in [1.29, 1.82) is 0 Å². The Morgan fingerprint density at radius 2 is 2.00 bits per heavy atom. The average Bonchev–Trinajstić information content (AvgIpc) is 3.17. The number of aromatic nitrogens is 2. The number of carbonyl (C=O) groups is 1. The Kier molecular flexibility index (Phi) is 4.47. The second kappa shape index (κ2) is 6.36. The van der Waals surface area contributed by atoms with Crippen molar-refractivity contribution in [2.45, 2.75) is 71.0 Å². The van der Waals surface area contributed by atoms with E-state index in [1.54, 1.807) is 6.92 Å². The van der Waals surface area contributed by atoms with Crippen LogP contribution in [0.1, 0.15) is 64.1 Å². The molecule has 3 rings (SSSR count). The standard InChI is InChI=1S/C16H26N4O2/c1-11(2)16-17-15(18-22-16)10-19-8-4-6-13(19)14-7-5-9-20(14)12(3)21/h11,13-14H,4-10H2,1-3H3/t13-,14-/m1/s1. The zero-order chi connectivity index (χ0) is 15.7. The van der Waals surface area contributed by atoms with E-state index in [4.69, 9.17) is 4.52 Å². The smallest absolute Gasteiger partial charge is 0.229 e. The Hall–Kier alpha value is -1.43. The van der Waals surface area contributed by atoms with Crippen LogP contribution in [0.3, 0.4) is 0 Å². The molecule has 1 aromatic rings. The maximum absolute atomic E-state index is 11.8. The van der Waals surface area contributed by atoms with Crippen LogP contribution in [0.25, 0.3) is 0 Å². The highest BCUT2D eigenvalue weighted by Crippen LogP contribution is 2.30. The minimum Gasteiger partial charge on any atom is -0.339 e. The first-order valence-electron chi connectivity index (χ1n) is 8.40. The van der Waals surface area contributed by atoms with Crippen molar-refractivity contribution in [3.05, 3.63) is 11.7 Å². The van der Waals surface area contributed by atoms with Gasteiger partial charge in [0.2, 0.25) is 11.8 Å². The molecule has 0 spiro atoms. The summed E-state index contributed by atoms with van der Waals surface area (Å²) in [5, 5.41) is 4.11. The highest BCUT2D eigenvalue weighted by Gasteiger charge is 2.39. The van der Waals surface area contributed by atoms with Gasteiger partial charge in [-0.3, -0.25) is 9.69 Å². The second-order valence-electron chi connectivity index (χ2n) is 6.81. The van der Waals surface area contributed by atoms with Crippen LogP contribution in [-0.2, 0) is 11.3 Å². The molecule has 0 unspecified atom stereocenters. The first-order chi connectivity index (χ1) is 10.6. The van der Waals surface area contributed by atoms with Gasteiger partial charge in [0.25, 0.3) is 0 Å². The van der Waals surface area contributed by atoms with Crippen LogP contribution >= 0.6 is 0 Å². The highest BCUT2D eigenvalue weighted by atomic mass is 16.5. The molecular weight excluding hydrogens is 280 g/mol. The van der Waals surface area contributed by atoms with Crippen LogP contribution in [0, 0.1) is 0 Å². The Bertz CT molecular complexity index is 528. The third kappa shape index (κ3) is 3.02. The van der Waals surface area contributed by atoms with Crippen LogP contribution in [0.2, 0.25) is 0 Å². The quantitative estimate of drug-likeness (QED) is 0.853. The second-order valence-corrected chi connectivity index (χ2v) is 6.81. The number of rotatable bonds is 4. The lowest BCUT2D eigenvalue weighted by Crippen LogP contribution is -2.47. The molecule has 22 heavy (non-hydrogen) atoms. The summed E-state index contributed by atoms with van der Waals surface area (Å²) < 4.78 is 5.30. The number of nitrogens with zero attached hydrogens (tertiary/aromatic N) is 4. The number of hydrogen-bond acceptors (Lipinski definition) is 5. The molecule has 2 fully saturated rings. The van der Waals surface area contributed by atoms with Gasteiger partial charge >= 0.3 is 0 Å². The molecule has 6 heteroatoms. The molecule has 0 saturated carbocycles. The van der Waals surface area contributed by atoms with Crippen molar-refractivity contribution >= 4 is 5.91 Å². The fraction of sp³-hybridized carbons (Fsp3) is 0.812. The van der Waals surface area contributed by atoms with Crippen LogP contribution in [0.15, 0.2) is 4.52 Å². The van der Waals surface area contributed by atoms with Gasteiger partial charge in [0, 0.05) is 31.5 Å². The van der Waals surface area contributed by atoms with Crippen molar-refractivity contribution in [1.82, 2.24) is 19.9 Å². The molecule has 6 nitrogen and oxygen atoms in total. The van der Waals surface area contributed by atoms with Gasteiger partial charge in [-0.05, 0) is 32.2 Å². The maximum Gasteiger partial charge on any atom is 0.229 e. The van der Waals surface area contributed by atoms with Gasteiger partial charge in [-0.25, -0.2) is 0 Å². The fourth-order valence-electron chi connectivity index (χ4n) is 3.82. The zero-order valence-electron chi connectivity index (χ0n) is 13.8. The molecule has 0 aromatic carbocycles. The molecule has 1 amide bonds. The third-order valence-electron chi connectivity index (χ3n) is 4.88. The molecule has 2 aliphatic heterocycles. The normalized spacial score (nSPS) is 26.3. The maximum atomic E-state index is 11.8. The molecule has 0 radical (unpaired) electrons. The number of hydrogen-bond donors (Lipinski definition) is 0. The van der Waals surface area contributed by atoms with Crippen LogP contribution < -0.4 is 0 Å². The molecule has 3 heterocycles. The third-order valence-corrected chi connectivity index (χ3v) is 4.88. The molecule has 2 atom stereocenters. The summed E-state index contributed by atoms with van der Waals surface area (Å²) in [6.07, 6.45) is 4.57. The van der Waals surface area contributed by atoms with E-state index in [0.717, 1.165) is 44.7 Å². The lowest BCUT2D eigenvalue weighted by atomic mass is 10.0. The van der Waals surface area contributed by atoms with Gasteiger partial charge in [-0.15, -0.1) is 0 Å². The van der Waals surface area contributed by atoms with Crippen molar-refractivity contribution in [2.75, 3.05) is 13.1 Å². The zero-order valence-corrected chi connectivity index (χ0v) is 13.8. The van der Waals surface area contributed by atoms with E-state index in [-0.39, 0.29) is 11.8 Å². The molecular formula is C16H26N4O2. The number of amides is 1. The highest BCUT2D eigenvalue weighted by molar-refractivity contribution is 5.74. The summed E-state index contributed by atoms with van der Waals surface area (Å²) in [7, 11) is 0. The minimum atomic E-state index is 0.205. The van der Waals surface area contributed by atoms with E-state index >= 15 is 0 Å². The Morgan fingerprint density at radius 3 is 2.68 bits per heavy atom. The molecule has 0 aliphatic carbocycles. The predicted octanol–water partition coefficient (Wildman–Crippen LogP) is 2.17. The van der Waals surface area contributed by atoms with E-state index < -0.39 is 0 Å². The van der Waals surface area contributed by atoms with Gasteiger partial charge in [0.05, 0.1) is 6.54 Å². The van der Waals surface area contributed by atoms with Gasteiger partial charge < -0.3 is 9.42 Å². The molecule has 0 bridgehead atoms. The van der Waals surface area contributed by atoms with Crippen LogP contribution in [0.4, 0.5) is 0 Å². The summed E-state index contributed by atoms with van der Waals surface area (Å²) in [5.41, 5.74) is 0. The Morgan fingerprint density at radius 1 is 1.27 bits per heavy atom. The van der Waals surface area contributed by atoms with Crippen LogP contribution in [0.5, 0.6) is 0 Å². The van der Waals surface area contributed by atoms with Crippen molar-refractivity contribution in [3.8, 4) is 0 Å². The molecule has 2 aliphatic rings. The Balaban J connectivity index is 1.68. The van der Waals surface area contributed by atoms with Gasteiger partial charge in [-0.1, -0.05) is 19.0 Å².